The quantitative estimate of drug-likeness (QED) is 0.733. The molecule has 3 rings (SSSR count). The summed E-state index contributed by atoms with van der Waals surface area (Å²) in [7, 11) is 0. The van der Waals surface area contributed by atoms with E-state index in [-0.39, 0.29) is 0 Å². The number of nitrogens with one attached hydrogen (secondary N) is 1. The minimum absolute atomic E-state index is 0.639. The molecular weight excluding hydrogens is 268 g/mol. The summed E-state index contributed by atoms with van der Waals surface area (Å²) in [4.78, 5) is 7.62. The zero-order chi connectivity index (χ0) is 14.1. The van der Waals surface area contributed by atoms with Gasteiger partial charge in [0, 0.05) is 6.20 Å². The van der Waals surface area contributed by atoms with E-state index in [1.165, 1.54) is 0 Å². The normalized spacial score (nSPS) is 10.6. The van der Waals surface area contributed by atoms with E-state index in [4.69, 9.17) is 17.5 Å². The van der Waals surface area contributed by atoms with Crippen LogP contribution in [0.15, 0.2) is 36.5 Å². The number of fused-ring (bicyclic) bond motifs is 1. The monoisotopic (exact) mass is 280 g/mol. The van der Waals surface area contributed by atoms with Gasteiger partial charge < -0.3 is 4.98 Å². The highest BCUT2D eigenvalue weighted by Crippen LogP contribution is 2.15. The standard InChI is InChI=1S/C15H12N4S/c1-10-6-13-14(17-8-10)19(15(20)18-13)9-12-4-2-11(7-16)3-5-12/h2-6,8H,9H2,1H3,(H,18,20). The summed E-state index contributed by atoms with van der Waals surface area (Å²) in [6.07, 6.45) is 1.83. The van der Waals surface area contributed by atoms with Gasteiger partial charge in [0.1, 0.15) is 0 Å². The molecule has 2 aromatic heterocycles. The second-order valence-electron chi connectivity index (χ2n) is 4.71. The Morgan fingerprint density at radius 2 is 2.10 bits per heavy atom. The summed E-state index contributed by atoms with van der Waals surface area (Å²) in [5.74, 6) is 0. The maximum Gasteiger partial charge on any atom is 0.179 e. The predicted molar refractivity (Wildman–Crippen MR) is 79.9 cm³/mol. The van der Waals surface area contributed by atoms with Crippen LogP contribution in [0.2, 0.25) is 0 Å². The van der Waals surface area contributed by atoms with Crippen LogP contribution in [0.4, 0.5) is 0 Å². The summed E-state index contributed by atoms with van der Waals surface area (Å²) < 4.78 is 2.62. The third-order valence-corrected chi connectivity index (χ3v) is 3.49. The first-order chi connectivity index (χ1) is 9.67. The van der Waals surface area contributed by atoms with Crippen molar-refractivity contribution >= 4 is 23.4 Å². The van der Waals surface area contributed by atoms with Gasteiger partial charge in [-0.25, -0.2) is 4.98 Å². The number of pyridine rings is 1. The number of hydrogen-bond donors (Lipinski definition) is 1. The third kappa shape index (κ3) is 2.22. The van der Waals surface area contributed by atoms with Crippen LogP contribution in [-0.2, 0) is 6.54 Å². The molecule has 1 N–H and O–H groups in total. The van der Waals surface area contributed by atoms with E-state index in [9.17, 15) is 0 Å². The fourth-order valence-electron chi connectivity index (χ4n) is 2.16. The predicted octanol–water partition coefficient (Wildman–Crippen LogP) is 3.32. The Hall–Kier alpha value is -2.45. The smallest absolute Gasteiger partial charge is 0.179 e. The van der Waals surface area contributed by atoms with Crippen LogP contribution in [0.1, 0.15) is 16.7 Å². The first-order valence-corrected chi connectivity index (χ1v) is 6.62. The van der Waals surface area contributed by atoms with Gasteiger partial charge in [0.05, 0.1) is 23.7 Å². The van der Waals surface area contributed by atoms with Gasteiger partial charge in [-0.2, -0.15) is 5.26 Å². The molecular formula is C15H12N4S. The first kappa shape index (κ1) is 12.6. The van der Waals surface area contributed by atoms with Crippen LogP contribution in [0.5, 0.6) is 0 Å². The van der Waals surface area contributed by atoms with Crippen LogP contribution in [0, 0.1) is 23.0 Å². The highest BCUT2D eigenvalue weighted by Gasteiger charge is 2.06. The van der Waals surface area contributed by atoms with Crippen LogP contribution in [0.3, 0.4) is 0 Å². The topological polar surface area (TPSA) is 57.4 Å². The van der Waals surface area contributed by atoms with Crippen LogP contribution < -0.4 is 0 Å². The van der Waals surface area contributed by atoms with E-state index in [1.807, 2.05) is 48.0 Å². The fourth-order valence-corrected chi connectivity index (χ4v) is 2.42. The number of nitriles is 1. The molecule has 0 spiro atoms. The molecule has 4 nitrogen and oxygen atoms in total. The van der Waals surface area contributed by atoms with Crippen molar-refractivity contribution in [2.24, 2.45) is 0 Å². The Morgan fingerprint density at radius 3 is 2.80 bits per heavy atom. The van der Waals surface area contributed by atoms with Crippen LogP contribution in [0.25, 0.3) is 11.2 Å². The van der Waals surface area contributed by atoms with Crippen molar-refractivity contribution in [1.82, 2.24) is 14.5 Å². The molecule has 0 saturated heterocycles. The molecule has 0 radical (unpaired) electrons. The fraction of sp³-hybridized carbons (Fsp3) is 0.133. The van der Waals surface area contributed by atoms with E-state index < -0.39 is 0 Å². The SMILES string of the molecule is Cc1cnc2c(c1)[nH]c(=S)n2Cc1ccc(C#N)cc1. The number of hydrogen-bond acceptors (Lipinski definition) is 3. The number of rotatable bonds is 2. The number of imidazole rings is 1. The summed E-state index contributed by atoms with van der Waals surface area (Å²) >= 11 is 5.36. The molecule has 0 fully saturated rings. The Balaban J connectivity index is 2.04. The van der Waals surface area contributed by atoms with E-state index in [0.717, 1.165) is 22.3 Å². The molecule has 0 aliphatic rings. The van der Waals surface area contributed by atoms with E-state index in [0.29, 0.717) is 16.9 Å². The Bertz CT molecular complexity index is 866. The Kier molecular flexibility index (Phi) is 3.09. The molecule has 0 aliphatic heterocycles. The molecule has 0 aliphatic carbocycles. The van der Waals surface area contributed by atoms with Crippen molar-refractivity contribution in [3.05, 3.63) is 58.0 Å². The van der Waals surface area contributed by atoms with Crippen LogP contribution in [-0.4, -0.2) is 14.5 Å². The largest absolute Gasteiger partial charge is 0.329 e. The lowest BCUT2D eigenvalue weighted by Crippen LogP contribution is -2.00. The van der Waals surface area contributed by atoms with Crippen molar-refractivity contribution in [1.29, 1.82) is 5.26 Å². The Labute approximate surface area is 121 Å². The van der Waals surface area contributed by atoms with Gasteiger partial charge in [-0.05, 0) is 48.5 Å². The summed E-state index contributed by atoms with van der Waals surface area (Å²) in [6, 6.07) is 11.6. The molecule has 0 unspecified atom stereocenters. The Morgan fingerprint density at radius 1 is 1.35 bits per heavy atom. The van der Waals surface area contributed by atoms with Crippen molar-refractivity contribution in [3.8, 4) is 6.07 Å². The van der Waals surface area contributed by atoms with Gasteiger partial charge in [-0.3, -0.25) is 4.57 Å². The minimum atomic E-state index is 0.639. The first-order valence-electron chi connectivity index (χ1n) is 6.21. The van der Waals surface area contributed by atoms with Gasteiger partial charge >= 0.3 is 0 Å². The van der Waals surface area contributed by atoms with E-state index in [2.05, 4.69) is 16.0 Å². The summed E-state index contributed by atoms with van der Waals surface area (Å²) in [5, 5.41) is 8.81. The lowest BCUT2D eigenvalue weighted by atomic mass is 10.1. The zero-order valence-electron chi connectivity index (χ0n) is 10.9. The van der Waals surface area contributed by atoms with Gasteiger partial charge in [-0.1, -0.05) is 12.1 Å². The van der Waals surface area contributed by atoms with Gasteiger partial charge in [0.15, 0.2) is 10.4 Å². The molecule has 5 heteroatoms. The second kappa shape index (κ2) is 4.91. The molecule has 1 aromatic carbocycles. The average molecular weight is 280 g/mol. The van der Waals surface area contributed by atoms with E-state index in [1.54, 1.807) is 0 Å². The third-order valence-electron chi connectivity index (χ3n) is 3.17. The molecule has 0 saturated carbocycles. The van der Waals surface area contributed by atoms with Crippen molar-refractivity contribution in [2.45, 2.75) is 13.5 Å². The maximum absolute atomic E-state index is 8.81. The number of benzene rings is 1. The highest BCUT2D eigenvalue weighted by molar-refractivity contribution is 7.71. The molecule has 0 amide bonds. The highest BCUT2D eigenvalue weighted by atomic mass is 32.1. The average Bonchev–Trinajstić information content (AvgIpc) is 2.75. The van der Waals surface area contributed by atoms with Crippen molar-refractivity contribution < 1.29 is 0 Å². The van der Waals surface area contributed by atoms with Gasteiger partial charge in [0.2, 0.25) is 0 Å². The lowest BCUT2D eigenvalue weighted by Gasteiger charge is -2.04. The summed E-state index contributed by atoms with van der Waals surface area (Å²) in [6.45, 7) is 2.64. The van der Waals surface area contributed by atoms with Crippen molar-refractivity contribution in [3.63, 3.8) is 0 Å². The van der Waals surface area contributed by atoms with E-state index >= 15 is 0 Å². The van der Waals surface area contributed by atoms with Crippen molar-refractivity contribution in [2.75, 3.05) is 0 Å². The maximum atomic E-state index is 8.81. The number of nitrogens with zero attached hydrogens (tertiary/aromatic N) is 3. The molecule has 0 atom stereocenters. The van der Waals surface area contributed by atoms with Gasteiger partial charge in [-0.15, -0.1) is 0 Å². The second-order valence-corrected chi connectivity index (χ2v) is 5.10. The molecule has 20 heavy (non-hydrogen) atoms. The zero-order valence-corrected chi connectivity index (χ0v) is 11.7. The number of H-pyrrole nitrogens is 1. The molecule has 2 heterocycles. The number of aromatic amines is 1. The molecule has 98 valence electrons. The number of aryl methyl sites for hydroxylation is 1. The summed E-state index contributed by atoms with van der Waals surface area (Å²) in [5.41, 5.74) is 4.64. The molecule has 3 aromatic rings. The number of aromatic nitrogens is 3. The van der Waals surface area contributed by atoms with Crippen LogP contribution >= 0.6 is 12.2 Å². The molecule has 0 bridgehead atoms. The van der Waals surface area contributed by atoms with Gasteiger partial charge in [0.25, 0.3) is 0 Å². The minimum Gasteiger partial charge on any atom is -0.329 e. The lowest BCUT2D eigenvalue weighted by molar-refractivity contribution is 0.800.